The van der Waals surface area contributed by atoms with Gasteiger partial charge in [-0.2, -0.15) is 0 Å². The summed E-state index contributed by atoms with van der Waals surface area (Å²) in [4.78, 5) is 18.1. The highest BCUT2D eigenvalue weighted by Crippen LogP contribution is 2.28. The van der Waals surface area contributed by atoms with E-state index in [0.717, 1.165) is 28.0 Å². The number of carbonyl (C=O) groups is 1. The smallest absolute Gasteiger partial charge is 0.256 e. The number of nitrogens with one attached hydrogen (secondary N) is 1. The lowest BCUT2D eigenvalue weighted by molar-refractivity contribution is 0.102. The van der Waals surface area contributed by atoms with Crippen LogP contribution >= 0.6 is 0 Å². The second kappa shape index (κ2) is 10.1. The number of amides is 1. The fraction of sp³-hybridized carbons (Fsp3) is 0.0667. The Balaban J connectivity index is 1.40. The molecule has 0 atom stereocenters. The Labute approximate surface area is 204 Å². The number of ether oxygens (including phenoxy) is 2. The minimum absolute atomic E-state index is 0.210. The summed E-state index contributed by atoms with van der Waals surface area (Å²) >= 11 is 0. The Kier molecular flexibility index (Phi) is 6.39. The van der Waals surface area contributed by atoms with Crippen molar-refractivity contribution < 1.29 is 14.3 Å². The van der Waals surface area contributed by atoms with E-state index in [1.165, 1.54) is 0 Å². The van der Waals surface area contributed by atoms with E-state index >= 15 is 0 Å². The fourth-order valence-electron chi connectivity index (χ4n) is 3.85. The van der Waals surface area contributed by atoms with Crippen LogP contribution in [0.4, 0.5) is 5.69 Å². The van der Waals surface area contributed by atoms with E-state index in [4.69, 9.17) is 14.5 Å². The molecule has 0 bridgehead atoms. The van der Waals surface area contributed by atoms with Gasteiger partial charge in [-0.05, 0) is 48.0 Å². The number of anilines is 1. The molecular weight excluding hydrogens is 436 g/mol. The number of aromatic nitrogens is 1. The van der Waals surface area contributed by atoms with Crippen molar-refractivity contribution in [3.05, 3.63) is 120 Å². The lowest BCUT2D eigenvalue weighted by Gasteiger charge is -2.12. The molecule has 1 N–H and O–H groups in total. The summed E-state index contributed by atoms with van der Waals surface area (Å²) in [5.74, 6) is 1.21. The monoisotopic (exact) mass is 460 g/mol. The molecule has 0 saturated heterocycles. The zero-order valence-electron chi connectivity index (χ0n) is 19.3. The molecule has 1 aromatic heterocycles. The van der Waals surface area contributed by atoms with Gasteiger partial charge in [-0.1, -0.05) is 60.7 Å². The minimum Gasteiger partial charge on any atom is -0.497 e. The van der Waals surface area contributed by atoms with E-state index in [1.807, 2.05) is 109 Å². The van der Waals surface area contributed by atoms with Gasteiger partial charge in [0.2, 0.25) is 0 Å². The number of hydrogen-bond acceptors (Lipinski definition) is 4. The van der Waals surface area contributed by atoms with Crippen molar-refractivity contribution in [1.29, 1.82) is 0 Å². The molecule has 0 radical (unpaired) electrons. The molecule has 5 aromatic rings. The summed E-state index contributed by atoms with van der Waals surface area (Å²) in [5, 5.41) is 3.76. The van der Waals surface area contributed by atoms with Gasteiger partial charge in [-0.3, -0.25) is 4.79 Å². The summed E-state index contributed by atoms with van der Waals surface area (Å²) in [6.45, 7) is 0.487. The number of nitrogens with zero attached hydrogens (tertiary/aromatic N) is 1. The van der Waals surface area contributed by atoms with Gasteiger partial charge in [0.15, 0.2) is 0 Å². The Morgan fingerprint density at radius 2 is 1.49 bits per heavy atom. The van der Waals surface area contributed by atoms with Crippen LogP contribution in [0.25, 0.3) is 22.2 Å². The number of hydrogen-bond donors (Lipinski definition) is 1. The van der Waals surface area contributed by atoms with Crippen molar-refractivity contribution >= 4 is 22.5 Å². The third-order valence-corrected chi connectivity index (χ3v) is 5.69. The zero-order valence-corrected chi connectivity index (χ0v) is 19.3. The average Bonchev–Trinajstić information content (AvgIpc) is 2.92. The van der Waals surface area contributed by atoms with Gasteiger partial charge in [0.05, 0.1) is 23.9 Å². The summed E-state index contributed by atoms with van der Waals surface area (Å²) in [6.07, 6.45) is 0. The third kappa shape index (κ3) is 5.14. The van der Waals surface area contributed by atoms with Crippen LogP contribution in [0.5, 0.6) is 11.5 Å². The van der Waals surface area contributed by atoms with Crippen LogP contribution in [0.2, 0.25) is 0 Å². The summed E-state index contributed by atoms with van der Waals surface area (Å²) in [6, 6.07) is 34.6. The Morgan fingerprint density at radius 1 is 0.800 bits per heavy atom. The van der Waals surface area contributed by atoms with Crippen molar-refractivity contribution in [1.82, 2.24) is 4.98 Å². The van der Waals surface area contributed by atoms with E-state index < -0.39 is 0 Å². The molecule has 1 heterocycles. The Hall–Kier alpha value is -4.64. The van der Waals surface area contributed by atoms with Crippen molar-refractivity contribution in [2.24, 2.45) is 0 Å². The minimum atomic E-state index is -0.210. The van der Waals surface area contributed by atoms with Crippen molar-refractivity contribution in [3.63, 3.8) is 0 Å². The highest BCUT2D eigenvalue weighted by atomic mass is 16.5. The van der Waals surface area contributed by atoms with Gasteiger partial charge >= 0.3 is 0 Å². The highest BCUT2D eigenvalue weighted by Gasteiger charge is 2.15. The third-order valence-electron chi connectivity index (χ3n) is 5.69. The first-order chi connectivity index (χ1) is 17.2. The molecule has 0 aliphatic rings. The second-order valence-electron chi connectivity index (χ2n) is 8.06. The molecular formula is C30H24N2O3. The van der Waals surface area contributed by atoms with Gasteiger partial charge in [0.1, 0.15) is 18.1 Å². The quantitative estimate of drug-likeness (QED) is 0.292. The van der Waals surface area contributed by atoms with Crippen LogP contribution in [0.3, 0.4) is 0 Å². The van der Waals surface area contributed by atoms with Gasteiger partial charge in [-0.25, -0.2) is 4.98 Å². The summed E-state index contributed by atoms with van der Waals surface area (Å²) in [5.41, 5.74) is 4.68. The van der Waals surface area contributed by atoms with E-state index in [-0.39, 0.29) is 5.91 Å². The van der Waals surface area contributed by atoms with E-state index in [1.54, 1.807) is 7.11 Å². The van der Waals surface area contributed by atoms with Crippen LogP contribution in [-0.4, -0.2) is 18.0 Å². The topological polar surface area (TPSA) is 60.5 Å². The van der Waals surface area contributed by atoms with Crippen LogP contribution in [0.15, 0.2) is 109 Å². The summed E-state index contributed by atoms with van der Waals surface area (Å²) < 4.78 is 11.2. The largest absolute Gasteiger partial charge is 0.497 e. The number of pyridine rings is 1. The van der Waals surface area contributed by atoms with Gasteiger partial charge in [-0.15, -0.1) is 0 Å². The van der Waals surface area contributed by atoms with Gasteiger partial charge in [0.25, 0.3) is 5.91 Å². The molecule has 0 fully saturated rings. The normalized spacial score (nSPS) is 10.7. The maximum atomic E-state index is 13.4. The molecule has 0 aliphatic carbocycles. The lowest BCUT2D eigenvalue weighted by atomic mass is 10.0. The summed E-state index contributed by atoms with van der Waals surface area (Å²) in [7, 11) is 1.61. The van der Waals surface area contributed by atoms with E-state index in [9.17, 15) is 4.79 Å². The fourth-order valence-corrected chi connectivity index (χ4v) is 3.85. The molecule has 0 saturated carbocycles. The molecule has 1 amide bonds. The molecule has 0 spiro atoms. The lowest BCUT2D eigenvalue weighted by Crippen LogP contribution is -2.13. The standard InChI is InChI=1S/C30H24N2O3/c1-34-25-16-17-26-27(19-28(32-29(26)18-25)22-10-6-3-7-11-22)30(33)31-23-12-14-24(15-13-23)35-20-21-8-4-2-5-9-21/h2-19H,20H2,1H3,(H,31,33). The maximum absolute atomic E-state index is 13.4. The molecule has 0 aliphatic heterocycles. The van der Waals surface area contributed by atoms with Crippen LogP contribution in [0.1, 0.15) is 15.9 Å². The first-order valence-electron chi connectivity index (χ1n) is 11.3. The highest BCUT2D eigenvalue weighted by molar-refractivity contribution is 6.13. The average molecular weight is 461 g/mol. The molecule has 5 rings (SSSR count). The molecule has 172 valence electrons. The van der Waals surface area contributed by atoms with Gasteiger partial charge in [0, 0.05) is 22.7 Å². The Bertz CT molecular complexity index is 1450. The SMILES string of the molecule is COc1ccc2c(C(=O)Nc3ccc(OCc4ccccc4)cc3)cc(-c3ccccc3)nc2c1. The van der Waals surface area contributed by atoms with Crippen LogP contribution in [0, 0.1) is 0 Å². The Morgan fingerprint density at radius 3 is 2.20 bits per heavy atom. The number of carbonyl (C=O) groups excluding carboxylic acids is 1. The first kappa shape index (κ1) is 22.2. The molecule has 35 heavy (non-hydrogen) atoms. The number of benzene rings is 4. The van der Waals surface area contributed by atoms with Crippen molar-refractivity contribution in [2.75, 3.05) is 12.4 Å². The van der Waals surface area contributed by atoms with E-state index in [0.29, 0.717) is 29.1 Å². The van der Waals surface area contributed by atoms with Crippen molar-refractivity contribution in [3.8, 4) is 22.8 Å². The van der Waals surface area contributed by atoms with Crippen LogP contribution in [-0.2, 0) is 6.61 Å². The van der Waals surface area contributed by atoms with Gasteiger partial charge < -0.3 is 14.8 Å². The molecule has 0 unspecified atom stereocenters. The molecule has 5 heteroatoms. The number of fused-ring (bicyclic) bond motifs is 1. The van der Waals surface area contributed by atoms with Crippen LogP contribution < -0.4 is 14.8 Å². The maximum Gasteiger partial charge on any atom is 0.256 e. The zero-order chi connectivity index (χ0) is 24.0. The number of rotatable bonds is 7. The molecule has 5 nitrogen and oxygen atoms in total. The first-order valence-corrected chi connectivity index (χ1v) is 11.3. The predicted octanol–water partition coefficient (Wildman–Crippen LogP) is 6.74. The van der Waals surface area contributed by atoms with E-state index in [2.05, 4.69) is 5.32 Å². The van der Waals surface area contributed by atoms with Crippen molar-refractivity contribution in [2.45, 2.75) is 6.61 Å². The predicted molar refractivity (Wildman–Crippen MR) is 139 cm³/mol. The number of methoxy groups -OCH3 is 1. The molecule has 4 aromatic carbocycles. The second-order valence-corrected chi connectivity index (χ2v) is 8.06.